The molecule has 0 atom stereocenters. The fourth-order valence-corrected chi connectivity index (χ4v) is 2.04. The van der Waals surface area contributed by atoms with E-state index < -0.39 is 11.8 Å². The first kappa shape index (κ1) is 14.6. The Morgan fingerprint density at radius 3 is 2.60 bits per heavy atom. The maximum Gasteiger partial charge on any atom is 0.338 e. The highest BCUT2D eigenvalue weighted by Crippen LogP contribution is 2.19. The van der Waals surface area contributed by atoms with Crippen LogP contribution in [0.1, 0.15) is 15.9 Å². The molecule has 2 aromatic rings. The van der Waals surface area contributed by atoms with E-state index in [4.69, 9.17) is 33.7 Å². The quantitative estimate of drug-likeness (QED) is 0.686. The molecule has 2 N–H and O–H groups in total. The molecule has 0 amide bonds. The number of benzene rings is 2. The lowest BCUT2D eigenvalue weighted by molar-refractivity contribution is 0.0472. The highest BCUT2D eigenvalue weighted by molar-refractivity contribution is 6.31. The molecule has 0 aliphatic heterocycles. The fraction of sp³-hybridized carbons (Fsp3) is 0.0714. The molecule has 2 rings (SSSR count). The second kappa shape index (κ2) is 6.11. The molecule has 0 spiro atoms. The second-order valence-corrected chi connectivity index (χ2v) is 4.94. The summed E-state index contributed by atoms with van der Waals surface area (Å²) in [4.78, 5) is 11.8. The predicted molar refractivity (Wildman–Crippen MR) is 76.4 cm³/mol. The third-order valence-corrected chi connectivity index (χ3v) is 3.02. The first-order chi connectivity index (χ1) is 9.45. The van der Waals surface area contributed by atoms with Gasteiger partial charge in [-0.2, -0.15) is 0 Å². The molecule has 0 saturated heterocycles. The molecule has 2 aromatic carbocycles. The van der Waals surface area contributed by atoms with Gasteiger partial charge in [-0.1, -0.05) is 29.3 Å². The molecule has 0 aliphatic carbocycles. The molecule has 0 radical (unpaired) electrons. The van der Waals surface area contributed by atoms with E-state index in [1.165, 1.54) is 36.4 Å². The molecular weight excluding hydrogens is 304 g/mol. The summed E-state index contributed by atoms with van der Waals surface area (Å²) in [7, 11) is 0. The molecule has 20 heavy (non-hydrogen) atoms. The summed E-state index contributed by atoms with van der Waals surface area (Å²) in [6.45, 7) is -0.0226. The summed E-state index contributed by atoms with van der Waals surface area (Å²) in [6, 6.07) is 8.54. The molecule has 3 nitrogen and oxygen atoms in total. The van der Waals surface area contributed by atoms with E-state index >= 15 is 0 Å². The average Bonchev–Trinajstić information content (AvgIpc) is 2.38. The van der Waals surface area contributed by atoms with Gasteiger partial charge in [-0.25, -0.2) is 9.18 Å². The van der Waals surface area contributed by atoms with Crippen molar-refractivity contribution in [2.45, 2.75) is 6.61 Å². The summed E-state index contributed by atoms with van der Waals surface area (Å²) >= 11 is 11.4. The highest BCUT2D eigenvalue weighted by Gasteiger charge is 2.10. The van der Waals surface area contributed by atoms with Gasteiger partial charge in [0.15, 0.2) is 0 Å². The first-order valence-electron chi connectivity index (χ1n) is 5.63. The lowest BCUT2D eigenvalue weighted by Crippen LogP contribution is -2.06. The van der Waals surface area contributed by atoms with Crippen molar-refractivity contribution in [3.8, 4) is 0 Å². The Balaban J connectivity index is 2.06. The van der Waals surface area contributed by atoms with Crippen molar-refractivity contribution in [3.05, 3.63) is 63.4 Å². The normalized spacial score (nSPS) is 10.3. The number of halogens is 3. The molecule has 0 unspecified atom stereocenters. The van der Waals surface area contributed by atoms with E-state index in [0.717, 1.165) is 0 Å². The Morgan fingerprint density at radius 2 is 1.95 bits per heavy atom. The number of anilines is 1. The summed E-state index contributed by atoms with van der Waals surface area (Å²) in [5, 5.41) is 0.326. The Labute approximate surface area is 125 Å². The third kappa shape index (κ3) is 3.62. The van der Waals surface area contributed by atoms with Gasteiger partial charge in [0, 0.05) is 10.7 Å². The highest BCUT2D eigenvalue weighted by atomic mass is 35.5. The summed E-state index contributed by atoms with van der Waals surface area (Å²) < 4.78 is 18.1. The number of hydrogen-bond donors (Lipinski definition) is 1. The molecule has 0 fully saturated rings. The summed E-state index contributed by atoms with van der Waals surface area (Å²) in [5.74, 6) is -1.09. The van der Waals surface area contributed by atoms with Crippen LogP contribution in [0, 0.1) is 5.82 Å². The molecule has 0 bridgehead atoms. The van der Waals surface area contributed by atoms with E-state index in [1.54, 1.807) is 0 Å². The van der Waals surface area contributed by atoms with Crippen LogP contribution < -0.4 is 5.73 Å². The molecular formula is C14H10Cl2FNO2. The van der Waals surface area contributed by atoms with Crippen LogP contribution in [0.25, 0.3) is 0 Å². The minimum atomic E-state index is -0.570. The van der Waals surface area contributed by atoms with E-state index in [-0.39, 0.29) is 17.2 Å². The Kier molecular flexibility index (Phi) is 4.47. The molecule has 0 heterocycles. The van der Waals surface area contributed by atoms with Crippen LogP contribution in [-0.2, 0) is 11.3 Å². The van der Waals surface area contributed by atoms with Crippen molar-refractivity contribution in [2.75, 3.05) is 5.73 Å². The Bertz CT molecular complexity index is 641. The molecule has 104 valence electrons. The Morgan fingerprint density at radius 1 is 1.20 bits per heavy atom. The van der Waals surface area contributed by atoms with E-state index in [2.05, 4.69) is 0 Å². The van der Waals surface area contributed by atoms with Gasteiger partial charge >= 0.3 is 5.97 Å². The van der Waals surface area contributed by atoms with Gasteiger partial charge in [-0.3, -0.25) is 0 Å². The number of esters is 1. The van der Waals surface area contributed by atoms with E-state index in [0.29, 0.717) is 16.3 Å². The van der Waals surface area contributed by atoms with Crippen LogP contribution in [0.15, 0.2) is 36.4 Å². The van der Waals surface area contributed by atoms with Gasteiger partial charge < -0.3 is 10.5 Å². The lowest BCUT2D eigenvalue weighted by Gasteiger charge is -2.07. The Hall–Kier alpha value is -1.78. The van der Waals surface area contributed by atoms with Crippen molar-refractivity contribution in [2.24, 2.45) is 0 Å². The average molecular weight is 314 g/mol. The zero-order valence-corrected chi connectivity index (χ0v) is 11.7. The number of carbonyl (C=O) groups excluding carboxylic acids is 1. The van der Waals surface area contributed by atoms with Crippen molar-refractivity contribution in [3.63, 3.8) is 0 Å². The molecule has 0 saturated carbocycles. The van der Waals surface area contributed by atoms with Crippen molar-refractivity contribution >= 4 is 34.9 Å². The number of rotatable bonds is 3. The topological polar surface area (TPSA) is 52.3 Å². The van der Waals surface area contributed by atoms with Crippen molar-refractivity contribution in [1.82, 2.24) is 0 Å². The monoisotopic (exact) mass is 313 g/mol. The minimum Gasteiger partial charge on any atom is -0.457 e. The van der Waals surface area contributed by atoms with Gasteiger partial charge in [0.1, 0.15) is 12.4 Å². The van der Waals surface area contributed by atoms with Gasteiger partial charge in [0.2, 0.25) is 0 Å². The lowest BCUT2D eigenvalue weighted by atomic mass is 10.2. The number of nitrogen functional groups attached to an aromatic ring is 1. The van der Waals surface area contributed by atoms with Gasteiger partial charge in [-0.15, -0.1) is 0 Å². The number of hydrogen-bond acceptors (Lipinski definition) is 3. The minimum absolute atomic E-state index is 0.0226. The van der Waals surface area contributed by atoms with Crippen LogP contribution in [0.4, 0.5) is 10.1 Å². The molecule has 0 aliphatic rings. The number of carbonyl (C=O) groups is 1. The predicted octanol–water partition coefficient (Wildman–Crippen LogP) is 4.07. The summed E-state index contributed by atoms with van der Waals surface area (Å²) in [5.41, 5.74) is 6.80. The van der Waals surface area contributed by atoms with Crippen LogP contribution >= 0.6 is 23.2 Å². The van der Waals surface area contributed by atoms with Crippen LogP contribution in [0.3, 0.4) is 0 Å². The molecule has 6 heteroatoms. The fourth-order valence-electron chi connectivity index (χ4n) is 1.59. The number of ether oxygens (including phenoxy) is 1. The SMILES string of the molecule is Nc1cc(Cl)cc(C(=O)OCc2ccc(F)c(Cl)c2)c1. The van der Waals surface area contributed by atoms with Crippen LogP contribution in [-0.4, -0.2) is 5.97 Å². The van der Waals surface area contributed by atoms with E-state index in [9.17, 15) is 9.18 Å². The second-order valence-electron chi connectivity index (χ2n) is 4.10. The van der Waals surface area contributed by atoms with Crippen molar-refractivity contribution in [1.29, 1.82) is 0 Å². The largest absolute Gasteiger partial charge is 0.457 e. The maximum absolute atomic E-state index is 13.0. The van der Waals surface area contributed by atoms with Crippen molar-refractivity contribution < 1.29 is 13.9 Å². The smallest absolute Gasteiger partial charge is 0.338 e. The van der Waals surface area contributed by atoms with E-state index in [1.807, 2.05) is 0 Å². The third-order valence-electron chi connectivity index (χ3n) is 2.51. The van der Waals surface area contributed by atoms with Gasteiger partial charge in [0.05, 0.1) is 10.6 Å². The number of nitrogens with two attached hydrogens (primary N) is 1. The standard InChI is InChI=1S/C14H10Cl2FNO2/c15-10-4-9(5-11(18)6-10)14(19)20-7-8-1-2-13(17)12(16)3-8/h1-6H,7,18H2. The first-order valence-corrected chi connectivity index (χ1v) is 6.38. The van der Waals surface area contributed by atoms with Gasteiger partial charge in [0.25, 0.3) is 0 Å². The van der Waals surface area contributed by atoms with Gasteiger partial charge in [-0.05, 0) is 35.9 Å². The molecule has 0 aromatic heterocycles. The van der Waals surface area contributed by atoms with Crippen LogP contribution in [0.2, 0.25) is 10.0 Å². The zero-order chi connectivity index (χ0) is 14.7. The zero-order valence-electron chi connectivity index (χ0n) is 10.2. The van der Waals surface area contributed by atoms with Crippen LogP contribution in [0.5, 0.6) is 0 Å². The summed E-state index contributed by atoms with van der Waals surface area (Å²) in [6.07, 6.45) is 0. The maximum atomic E-state index is 13.0.